The largest absolute Gasteiger partial charge is 0.434 e. The Morgan fingerprint density at radius 2 is 2.18 bits per heavy atom. The van der Waals surface area contributed by atoms with Crippen molar-refractivity contribution < 1.29 is 9.13 Å². The number of halogens is 2. The summed E-state index contributed by atoms with van der Waals surface area (Å²) in [5.74, 6) is -0.308. The molecule has 0 spiro atoms. The summed E-state index contributed by atoms with van der Waals surface area (Å²) in [6.45, 7) is 3.56. The van der Waals surface area contributed by atoms with E-state index in [-0.39, 0.29) is 11.6 Å². The topological polar surface area (TPSA) is 35.0 Å². The molecule has 0 saturated heterocycles. The van der Waals surface area contributed by atoms with Crippen LogP contribution in [0.3, 0.4) is 0 Å². The lowest BCUT2D eigenvalue weighted by molar-refractivity contribution is 0.425. The van der Waals surface area contributed by atoms with Gasteiger partial charge in [-0.2, -0.15) is 0 Å². The van der Waals surface area contributed by atoms with E-state index in [1.165, 1.54) is 36.7 Å². The second-order valence-corrected chi connectivity index (χ2v) is 3.60. The third kappa shape index (κ3) is 2.79. The maximum absolute atomic E-state index is 13.4. The van der Waals surface area contributed by atoms with Gasteiger partial charge >= 0.3 is 0 Å². The van der Waals surface area contributed by atoms with E-state index >= 15 is 0 Å². The summed E-state index contributed by atoms with van der Waals surface area (Å²) in [5, 5.41) is 0.306. The first-order chi connectivity index (χ1) is 8.19. The van der Waals surface area contributed by atoms with Crippen LogP contribution in [0, 0.1) is 5.82 Å². The molecule has 1 aromatic carbocycles. The zero-order chi connectivity index (χ0) is 12.3. The Balaban J connectivity index is 2.27. The van der Waals surface area contributed by atoms with Crippen molar-refractivity contribution in [2.45, 2.75) is 0 Å². The third-order valence-electron chi connectivity index (χ3n) is 1.95. The van der Waals surface area contributed by atoms with E-state index in [2.05, 4.69) is 16.5 Å². The summed E-state index contributed by atoms with van der Waals surface area (Å²) in [6.07, 6.45) is 4.44. The van der Waals surface area contributed by atoms with Crippen molar-refractivity contribution in [1.29, 1.82) is 0 Å². The molecule has 17 heavy (non-hydrogen) atoms. The van der Waals surface area contributed by atoms with E-state index in [9.17, 15) is 4.39 Å². The van der Waals surface area contributed by atoms with E-state index in [0.717, 1.165) is 0 Å². The highest BCUT2D eigenvalue weighted by atomic mass is 35.5. The smallest absolute Gasteiger partial charge is 0.238 e. The molecule has 0 bridgehead atoms. The minimum absolute atomic E-state index is 0.0462. The zero-order valence-electron chi connectivity index (χ0n) is 8.73. The molecular weight excluding hydrogens is 243 g/mol. The van der Waals surface area contributed by atoms with Gasteiger partial charge in [-0.05, 0) is 24.3 Å². The highest BCUT2D eigenvalue weighted by molar-refractivity contribution is 6.30. The number of hydrogen-bond donors (Lipinski definition) is 0. The molecule has 2 rings (SSSR count). The maximum atomic E-state index is 13.4. The van der Waals surface area contributed by atoms with Gasteiger partial charge in [-0.3, -0.25) is 4.98 Å². The average Bonchev–Trinajstić information content (AvgIpc) is 2.33. The molecule has 0 amide bonds. The predicted molar refractivity (Wildman–Crippen MR) is 63.6 cm³/mol. The molecule has 0 aliphatic heterocycles. The first kappa shape index (κ1) is 11.5. The molecule has 2 aromatic rings. The van der Waals surface area contributed by atoms with Gasteiger partial charge in [0, 0.05) is 5.02 Å². The van der Waals surface area contributed by atoms with E-state index in [1.54, 1.807) is 0 Å². The minimum Gasteiger partial charge on any atom is -0.434 e. The number of benzene rings is 1. The Morgan fingerprint density at radius 3 is 2.88 bits per heavy atom. The maximum Gasteiger partial charge on any atom is 0.238 e. The van der Waals surface area contributed by atoms with Gasteiger partial charge in [0.15, 0.2) is 11.6 Å². The Bertz CT molecular complexity index is 560. The Labute approximate surface area is 103 Å². The van der Waals surface area contributed by atoms with Crippen LogP contribution >= 0.6 is 11.6 Å². The van der Waals surface area contributed by atoms with Crippen LogP contribution in [-0.2, 0) is 0 Å². The Kier molecular flexibility index (Phi) is 3.35. The minimum atomic E-state index is -0.552. The van der Waals surface area contributed by atoms with Crippen LogP contribution in [0.2, 0.25) is 5.02 Å². The predicted octanol–water partition coefficient (Wildman–Crippen LogP) is 3.70. The van der Waals surface area contributed by atoms with Gasteiger partial charge in [-0.1, -0.05) is 18.2 Å². The van der Waals surface area contributed by atoms with Gasteiger partial charge in [-0.25, -0.2) is 9.37 Å². The SMILES string of the molecule is C=Cc1cncc(Oc2ccc(Cl)cc2F)n1. The first-order valence-corrected chi connectivity index (χ1v) is 5.14. The fraction of sp³-hybridized carbons (Fsp3) is 0. The van der Waals surface area contributed by atoms with Gasteiger partial charge in [-0.15, -0.1) is 0 Å². The van der Waals surface area contributed by atoms with E-state index in [1.807, 2.05) is 0 Å². The monoisotopic (exact) mass is 250 g/mol. The Hall–Kier alpha value is -1.94. The standard InChI is InChI=1S/C12H8ClFN2O/c1-2-9-6-15-7-12(16-9)17-11-4-3-8(13)5-10(11)14/h2-7H,1H2. The van der Waals surface area contributed by atoms with Crippen molar-refractivity contribution >= 4 is 17.7 Å². The van der Waals surface area contributed by atoms with Crippen molar-refractivity contribution in [2.75, 3.05) is 0 Å². The van der Waals surface area contributed by atoms with E-state index in [4.69, 9.17) is 16.3 Å². The fourth-order valence-electron chi connectivity index (χ4n) is 1.18. The zero-order valence-corrected chi connectivity index (χ0v) is 9.49. The molecule has 86 valence electrons. The lowest BCUT2D eigenvalue weighted by Crippen LogP contribution is -1.93. The molecule has 1 aromatic heterocycles. The first-order valence-electron chi connectivity index (χ1n) is 4.76. The van der Waals surface area contributed by atoms with Crippen molar-refractivity contribution in [3.63, 3.8) is 0 Å². The summed E-state index contributed by atoms with van der Waals surface area (Å²) in [5.41, 5.74) is 0.553. The van der Waals surface area contributed by atoms with Crippen molar-refractivity contribution in [2.24, 2.45) is 0 Å². The number of ether oxygens (including phenoxy) is 1. The van der Waals surface area contributed by atoms with Gasteiger partial charge in [0.2, 0.25) is 5.88 Å². The van der Waals surface area contributed by atoms with Crippen LogP contribution in [0.4, 0.5) is 4.39 Å². The fourth-order valence-corrected chi connectivity index (χ4v) is 1.34. The van der Waals surface area contributed by atoms with Crippen LogP contribution in [0.5, 0.6) is 11.6 Å². The molecule has 3 nitrogen and oxygen atoms in total. The van der Waals surface area contributed by atoms with Crippen LogP contribution in [0.1, 0.15) is 5.69 Å². The molecule has 0 unspecified atom stereocenters. The van der Waals surface area contributed by atoms with E-state index < -0.39 is 5.82 Å². The highest BCUT2D eigenvalue weighted by Gasteiger charge is 2.06. The third-order valence-corrected chi connectivity index (χ3v) is 2.18. The number of aromatic nitrogens is 2. The number of hydrogen-bond acceptors (Lipinski definition) is 3. The average molecular weight is 251 g/mol. The molecule has 0 aliphatic rings. The van der Waals surface area contributed by atoms with Crippen LogP contribution in [-0.4, -0.2) is 9.97 Å². The molecule has 0 radical (unpaired) electrons. The molecule has 0 saturated carbocycles. The molecule has 0 aliphatic carbocycles. The summed E-state index contributed by atoms with van der Waals surface area (Å²) in [7, 11) is 0. The summed E-state index contributed by atoms with van der Waals surface area (Å²) < 4.78 is 18.7. The van der Waals surface area contributed by atoms with Crippen LogP contribution < -0.4 is 4.74 Å². The van der Waals surface area contributed by atoms with Crippen molar-refractivity contribution in [1.82, 2.24) is 9.97 Å². The summed E-state index contributed by atoms with van der Waals surface area (Å²) >= 11 is 5.63. The van der Waals surface area contributed by atoms with Gasteiger partial charge in [0.25, 0.3) is 0 Å². The van der Waals surface area contributed by atoms with Crippen molar-refractivity contribution in [3.8, 4) is 11.6 Å². The molecule has 0 fully saturated rings. The lowest BCUT2D eigenvalue weighted by Gasteiger charge is -2.05. The molecule has 5 heteroatoms. The second kappa shape index (κ2) is 4.93. The molecule has 1 heterocycles. The Morgan fingerprint density at radius 1 is 1.35 bits per heavy atom. The summed E-state index contributed by atoms with van der Waals surface area (Å²) in [4.78, 5) is 7.94. The normalized spacial score (nSPS) is 10.0. The van der Waals surface area contributed by atoms with Crippen LogP contribution in [0.25, 0.3) is 6.08 Å². The number of rotatable bonds is 3. The highest BCUT2D eigenvalue weighted by Crippen LogP contribution is 2.25. The number of nitrogens with zero attached hydrogens (tertiary/aromatic N) is 2. The quantitative estimate of drug-likeness (QED) is 0.833. The molecule has 0 N–H and O–H groups in total. The molecule has 0 atom stereocenters. The second-order valence-electron chi connectivity index (χ2n) is 3.16. The lowest BCUT2D eigenvalue weighted by atomic mass is 10.3. The van der Waals surface area contributed by atoms with E-state index in [0.29, 0.717) is 10.7 Å². The van der Waals surface area contributed by atoms with Crippen molar-refractivity contribution in [3.05, 3.63) is 53.7 Å². The molecular formula is C12H8ClFN2O. The van der Waals surface area contributed by atoms with Gasteiger partial charge < -0.3 is 4.74 Å². The van der Waals surface area contributed by atoms with Gasteiger partial charge in [0.1, 0.15) is 0 Å². The summed E-state index contributed by atoms with van der Waals surface area (Å²) in [6, 6.07) is 4.13. The van der Waals surface area contributed by atoms with Gasteiger partial charge in [0.05, 0.1) is 18.1 Å². The van der Waals surface area contributed by atoms with Crippen LogP contribution in [0.15, 0.2) is 37.2 Å².